The third-order valence-corrected chi connectivity index (χ3v) is 3.95. The van der Waals surface area contributed by atoms with Crippen molar-refractivity contribution in [1.29, 1.82) is 0 Å². The number of carbonyl (C=O) groups excluding carboxylic acids is 1. The Labute approximate surface area is 126 Å². The van der Waals surface area contributed by atoms with E-state index in [0.29, 0.717) is 30.3 Å². The quantitative estimate of drug-likeness (QED) is 0.893. The molecular weight excluding hydrogens is 332 g/mol. The highest BCUT2D eigenvalue weighted by atomic mass is 79.9. The molecule has 2 rings (SSSR count). The summed E-state index contributed by atoms with van der Waals surface area (Å²) in [5.41, 5.74) is 6.33. The second kappa shape index (κ2) is 6.22. The fraction of sp³-hybridized carbons (Fsp3) is 0.462. The van der Waals surface area contributed by atoms with Gasteiger partial charge >= 0.3 is 0 Å². The first-order chi connectivity index (χ1) is 8.99. The third-order valence-electron chi connectivity index (χ3n) is 3.13. The number of morpholine rings is 1. The van der Waals surface area contributed by atoms with Gasteiger partial charge in [-0.05, 0) is 25.1 Å². The number of carbonyl (C=O) groups is 1. The van der Waals surface area contributed by atoms with E-state index in [1.807, 2.05) is 13.0 Å². The van der Waals surface area contributed by atoms with Crippen LogP contribution < -0.4 is 5.73 Å². The van der Waals surface area contributed by atoms with Gasteiger partial charge in [-0.1, -0.05) is 27.5 Å². The van der Waals surface area contributed by atoms with Gasteiger partial charge in [-0.3, -0.25) is 4.79 Å². The molecule has 1 saturated heterocycles. The maximum Gasteiger partial charge on any atom is 0.255 e. The normalized spacial score (nSPS) is 21.3. The minimum atomic E-state index is -0.122. The van der Waals surface area contributed by atoms with Gasteiger partial charge in [-0.25, -0.2) is 0 Å². The number of hydrogen-bond donors (Lipinski definition) is 1. The highest BCUT2D eigenvalue weighted by Crippen LogP contribution is 2.23. The molecule has 0 aliphatic carbocycles. The predicted octanol–water partition coefficient (Wildman–Crippen LogP) is 2.29. The number of nitrogens with zero attached hydrogens (tertiary/aromatic N) is 1. The van der Waals surface area contributed by atoms with E-state index in [2.05, 4.69) is 15.9 Å². The first-order valence-electron chi connectivity index (χ1n) is 6.10. The highest BCUT2D eigenvalue weighted by Gasteiger charge is 2.28. The average molecular weight is 348 g/mol. The Bertz CT molecular complexity index is 482. The summed E-state index contributed by atoms with van der Waals surface area (Å²) in [5.74, 6) is -0.0831. The predicted molar refractivity (Wildman–Crippen MR) is 78.4 cm³/mol. The lowest BCUT2D eigenvalue weighted by atomic mass is 10.1. The average Bonchev–Trinajstić information content (AvgIpc) is 2.41. The summed E-state index contributed by atoms with van der Waals surface area (Å²) in [4.78, 5) is 14.2. The lowest BCUT2D eigenvalue weighted by Crippen LogP contribution is -2.51. The molecule has 0 aromatic heterocycles. The van der Waals surface area contributed by atoms with Crippen LogP contribution in [0, 0.1) is 0 Å². The lowest BCUT2D eigenvalue weighted by Gasteiger charge is -2.34. The summed E-state index contributed by atoms with van der Waals surface area (Å²) >= 11 is 9.43. The van der Waals surface area contributed by atoms with E-state index in [0.717, 1.165) is 4.47 Å². The van der Waals surface area contributed by atoms with Crippen LogP contribution in [0.1, 0.15) is 17.3 Å². The Morgan fingerprint density at radius 1 is 1.63 bits per heavy atom. The summed E-state index contributed by atoms with van der Waals surface area (Å²) < 4.78 is 6.38. The molecule has 1 amide bonds. The molecule has 19 heavy (non-hydrogen) atoms. The standard InChI is InChI=1S/C13H16BrClN2O2/c1-8(16)12-7-17(4-5-19-12)13(18)10-6-9(14)2-3-11(10)15/h2-3,6,8,12H,4-5,7,16H2,1H3. The minimum absolute atomic E-state index is 0.0831. The smallest absolute Gasteiger partial charge is 0.255 e. The first kappa shape index (κ1) is 14.8. The van der Waals surface area contributed by atoms with Gasteiger partial charge in [0.2, 0.25) is 0 Å². The van der Waals surface area contributed by atoms with Gasteiger partial charge in [-0.15, -0.1) is 0 Å². The molecule has 2 N–H and O–H groups in total. The van der Waals surface area contributed by atoms with Crippen LogP contribution in [0.3, 0.4) is 0 Å². The molecule has 4 nitrogen and oxygen atoms in total. The molecular formula is C13H16BrClN2O2. The van der Waals surface area contributed by atoms with E-state index < -0.39 is 0 Å². The Balaban J connectivity index is 2.17. The second-order valence-corrected chi connectivity index (χ2v) is 5.97. The van der Waals surface area contributed by atoms with Crippen LogP contribution in [-0.2, 0) is 4.74 Å². The number of rotatable bonds is 2. The van der Waals surface area contributed by atoms with E-state index in [4.69, 9.17) is 22.1 Å². The van der Waals surface area contributed by atoms with Gasteiger partial charge in [0.1, 0.15) is 0 Å². The molecule has 0 radical (unpaired) electrons. The van der Waals surface area contributed by atoms with Crippen LogP contribution in [0.2, 0.25) is 5.02 Å². The summed E-state index contributed by atoms with van der Waals surface area (Å²) in [6.45, 7) is 3.44. The summed E-state index contributed by atoms with van der Waals surface area (Å²) in [6, 6.07) is 5.15. The Hall–Kier alpha value is -0.620. The van der Waals surface area contributed by atoms with Crippen LogP contribution >= 0.6 is 27.5 Å². The maximum absolute atomic E-state index is 12.5. The zero-order valence-corrected chi connectivity index (χ0v) is 12.9. The van der Waals surface area contributed by atoms with Gasteiger partial charge in [0.25, 0.3) is 5.91 Å². The van der Waals surface area contributed by atoms with Crippen LogP contribution in [0.5, 0.6) is 0 Å². The van der Waals surface area contributed by atoms with Crippen LogP contribution in [0.25, 0.3) is 0 Å². The zero-order valence-electron chi connectivity index (χ0n) is 10.6. The Morgan fingerprint density at radius 3 is 3.05 bits per heavy atom. The van der Waals surface area contributed by atoms with E-state index in [-0.39, 0.29) is 18.1 Å². The fourth-order valence-corrected chi connectivity index (χ4v) is 2.57. The Morgan fingerprint density at radius 2 is 2.37 bits per heavy atom. The van der Waals surface area contributed by atoms with Gasteiger partial charge in [-0.2, -0.15) is 0 Å². The molecule has 2 unspecified atom stereocenters. The minimum Gasteiger partial charge on any atom is -0.373 e. The number of ether oxygens (including phenoxy) is 1. The zero-order chi connectivity index (χ0) is 14.0. The van der Waals surface area contributed by atoms with Crippen LogP contribution in [0.4, 0.5) is 0 Å². The first-order valence-corrected chi connectivity index (χ1v) is 7.27. The number of halogens is 2. The molecule has 104 valence electrons. The maximum atomic E-state index is 12.5. The van der Waals surface area contributed by atoms with Gasteiger partial charge in [0.15, 0.2) is 0 Å². The summed E-state index contributed by atoms with van der Waals surface area (Å²) in [7, 11) is 0. The number of benzene rings is 1. The van der Waals surface area contributed by atoms with Crippen molar-refractivity contribution in [2.75, 3.05) is 19.7 Å². The molecule has 0 saturated carbocycles. The summed E-state index contributed by atoms with van der Waals surface area (Å²) in [6.07, 6.45) is -0.122. The lowest BCUT2D eigenvalue weighted by molar-refractivity contribution is -0.0300. The summed E-state index contributed by atoms with van der Waals surface area (Å²) in [5, 5.41) is 0.456. The van der Waals surface area contributed by atoms with Gasteiger partial charge in [0, 0.05) is 23.6 Å². The van der Waals surface area contributed by atoms with Crippen molar-refractivity contribution in [1.82, 2.24) is 4.90 Å². The van der Waals surface area contributed by atoms with Crippen LogP contribution in [0.15, 0.2) is 22.7 Å². The van der Waals surface area contributed by atoms with Crippen molar-refractivity contribution in [2.24, 2.45) is 5.73 Å². The van der Waals surface area contributed by atoms with Crippen LogP contribution in [-0.4, -0.2) is 42.6 Å². The van der Waals surface area contributed by atoms with Crippen molar-refractivity contribution in [2.45, 2.75) is 19.1 Å². The molecule has 2 atom stereocenters. The molecule has 1 aromatic carbocycles. The second-order valence-electron chi connectivity index (χ2n) is 4.64. The fourth-order valence-electron chi connectivity index (χ4n) is 2.01. The number of amides is 1. The molecule has 6 heteroatoms. The molecule has 1 aliphatic rings. The van der Waals surface area contributed by atoms with Crippen molar-refractivity contribution in [3.63, 3.8) is 0 Å². The molecule has 0 bridgehead atoms. The third kappa shape index (κ3) is 3.48. The molecule has 1 heterocycles. The largest absolute Gasteiger partial charge is 0.373 e. The van der Waals surface area contributed by atoms with E-state index in [1.165, 1.54) is 0 Å². The van der Waals surface area contributed by atoms with E-state index in [1.54, 1.807) is 17.0 Å². The van der Waals surface area contributed by atoms with Gasteiger partial charge < -0.3 is 15.4 Å². The van der Waals surface area contributed by atoms with E-state index >= 15 is 0 Å². The molecule has 1 fully saturated rings. The molecule has 0 spiro atoms. The van der Waals surface area contributed by atoms with Gasteiger partial charge in [0.05, 0.1) is 23.3 Å². The Kier molecular flexibility index (Phi) is 4.84. The SMILES string of the molecule is CC(N)C1CN(C(=O)c2cc(Br)ccc2Cl)CCO1. The van der Waals surface area contributed by atoms with Crippen molar-refractivity contribution >= 4 is 33.4 Å². The monoisotopic (exact) mass is 346 g/mol. The molecule has 1 aromatic rings. The van der Waals surface area contributed by atoms with Crippen molar-refractivity contribution in [3.8, 4) is 0 Å². The van der Waals surface area contributed by atoms with E-state index in [9.17, 15) is 4.79 Å². The topological polar surface area (TPSA) is 55.6 Å². The van der Waals surface area contributed by atoms with Crippen molar-refractivity contribution in [3.05, 3.63) is 33.3 Å². The van der Waals surface area contributed by atoms with Crippen molar-refractivity contribution < 1.29 is 9.53 Å². The molecule has 1 aliphatic heterocycles. The highest BCUT2D eigenvalue weighted by molar-refractivity contribution is 9.10. The number of nitrogens with two attached hydrogens (primary N) is 1. The number of hydrogen-bond acceptors (Lipinski definition) is 3.